The summed E-state index contributed by atoms with van der Waals surface area (Å²) in [5.41, 5.74) is 2.52. The first kappa shape index (κ1) is 15.7. The van der Waals surface area contributed by atoms with Crippen molar-refractivity contribution in [2.24, 2.45) is 0 Å². The van der Waals surface area contributed by atoms with Gasteiger partial charge in [-0.3, -0.25) is 0 Å². The van der Waals surface area contributed by atoms with Crippen LogP contribution in [0.25, 0.3) is 0 Å². The molecule has 0 radical (unpaired) electrons. The number of nitrogens with one attached hydrogen (secondary N) is 1. The Kier molecular flexibility index (Phi) is 9.08. The van der Waals surface area contributed by atoms with Gasteiger partial charge in [0.05, 0.1) is 0 Å². The van der Waals surface area contributed by atoms with E-state index in [1.165, 1.54) is 11.1 Å². The van der Waals surface area contributed by atoms with Gasteiger partial charge in [-0.15, -0.1) is 0 Å². The summed E-state index contributed by atoms with van der Waals surface area (Å²) in [6, 6.07) is 0.346. The number of likely N-dealkylation sites (N-methyl/N-ethyl adjacent to an activating group) is 1. The summed E-state index contributed by atoms with van der Waals surface area (Å²) in [4.78, 5) is 0. The van der Waals surface area contributed by atoms with Crippen LogP contribution in [0.3, 0.4) is 0 Å². The molecule has 0 heterocycles. The van der Waals surface area contributed by atoms with Crippen molar-refractivity contribution in [1.29, 1.82) is 0 Å². The molecule has 17 heavy (non-hydrogen) atoms. The zero-order valence-electron chi connectivity index (χ0n) is 11.4. The second-order valence-electron chi connectivity index (χ2n) is 3.84. The zero-order valence-corrected chi connectivity index (χ0v) is 11.4. The van der Waals surface area contributed by atoms with Gasteiger partial charge in [-0.25, -0.2) is 0 Å². The topological polar surface area (TPSA) is 12.0 Å². The van der Waals surface area contributed by atoms with Crippen molar-refractivity contribution >= 4 is 0 Å². The molecule has 1 atom stereocenters. The highest BCUT2D eigenvalue weighted by molar-refractivity contribution is 5.28. The number of allylic oxidation sites excluding steroid dienone is 6. The van der Waals surface area contributed by atoms with Crippen molar-refractivity contribution in [3.05, 3.63) is 60.8 Å². The van der Waals surface area contributed by atoms with Crippen molar-refractivity contribution in [3.63, 3.8) is 0 Å². The summed E-state index contributed by atoms with van der Waals surface area (Å²) in [5, 5.41) is 3.33. The molecule has 0 aromatic rings. The van der Waals surface area contributed by atoms with E-state index in [2.05, 4.69) is 37.6 Å². The zero-order chi connectivity index (χ0) is 13.1. The van der Waals surface area contributed by atoms with Gasteiger partial charge < -0.3 is 5.32 Å². The van der Waals surface area contributed by atoms with Crippen molar-refractivity contribution in [2.45, 2.75) is 32.7 Å². The highest BCUT2D eigenvalue weighted by atomic mass is 14.9. The van der Waals surface area contributed by atoms with Gasteiger partial charge in [0.15, 0.2) is 0 Å². The Hall–Kier alpha value is -1.34. The van der Waals surface area contributed by atoms with Crippen molar-refractivity contribution in [2.75, 3.05) is 7.05 Å². The number of hydrogen-bond donors (Lipinski definition) is 1. The Balaban J connectivity index is 4.60. The lowest BCUT2D eigenvalue weighted by atomic mass is 9.98. The molecule has 1 unspecified atom stereocenters. The summed E-state index contributed by atoms with van der Waals surface area (Å²) in [6.07, 6.45) is 14.2. The summed E-state index contributed by atoms with van der Waals surface area (Å²) in [6.45, 7) is 11.8. The van der Waals surface area contributed by atoms with Crippen molar-refractivity contribution in [3.8, 4) is 0 Å². The fraction of sp³-hybridized carbons (Fsp3) is 0.375. The van der Waals surface area contributed by atoms with Crippen LogP contribution in [0.2, 0.25) is 0 Å². The minimum absolute atomic E-state index is 0.346. The molecule has 0 rings (SSSR count). The average molecular weight is 231 g/mol. The molecule has 0 aromatic carbocycles. The largest absolute Gasteiger partial charge is 0.313 e. The average Bonchev–Trinajstić information content (AvgIpc) is 2.37. The molecule has 1 N–H and O–H groups in total. The van der Waals surface area contributed by atoms with Crippen LogP contribution in [0.1, 0.15) is 26.7 Å². The van der Waals surface area contributed by atoms with Gasteiger partial charge in [-0.05, 0) is 39.3 Å². The minimum atomic E-state index is 0.346. The first-order chi connectivity index (χ1) is 8.23. The second-order valence-corrected chi connectivity index (χ2v) is 3.84. The van der Waals surface area contributed by atoms with E-state index in [1.54, 1.807) is 0 Å². The maximum atomic E-state index is 3.87. The molecular formula is C16H25N. The number of rotatable bonds is 8. The number of hydrogen-bond acceptors (Lipinski definition) is 1. The van der Waals surface area contributed by atoms with E-state index in [1.807, 2.05) is 38.3 Å². The van der Waals surface area contributed by atoms with E-state index in [4.69, 9.17) is 0 Å². The van der Waals surface area contributed by atoms with Crippen LogP contribution >= 0.6 is 0 Å². The molecule has 0 spiro atoms. The van der Waals surface area contributed by atoms with Gasteiger partial charge in [0.2, 0.25) is 0 Å². The van der Waals surface area contributed by atoms with Gasteiger partial charge in [-0.1, -0.05) is 55.2 Å². The van der Waals surface area contributed by atoms with Gasteiger partial charge in [-0.2, -0.15) is 0 Å². The van der Waals surface area contributed by atoms with Crippen LogP contribution in [0.15, 0.2) is 60.8 Å². The smallest absolute Gasteiger partial charge is 0.0320 e. The standard InChI is InChI=1S/C16H25N/c1-6-10-11-15(9-4)16(17-5)13-12-14(7-2)8-3/h6-11,16-17H,2,4,12-13H2,1,3,5H3/b10-6-,14-8+,15-11+. The molecule has 0 aliphatic carbocycles. The van der Waals surface area contributed by atoms with Crippen molar-refractivity contribution < 1.29 is 0 Å². The Labute approximate surface area is 106 Å². The van der Waals surface area contributed by atoms with E-state index in [9.17, 15) is 0 Å². The predicted octanol–water partition coefficient (Wildman–Crippen LogP) is 4.18. The molecule has 0 saturated carbocycles. The second kappa shape index (κ2) is 9.86. The first-order valence-electron chi connectivity index (χ1n) is 6.13. The van der Waals surface area contributed by atoms with Crippen LogP contribution < -0.4 is 5.32 Å². The first-order valence-corrected chi connectivity index (χ1v) is 6.13. The molecule has 0 amide bonds. The summed E-state index contributed by atoms with van der Waals surface area (Å²) in [5.74, 6) is 0. The van der Waals surface area contributed by atoms with E-state index in [0.717, 1.165) is 12.8 Å². The summed E-state index contributed by atoms with van der Waals surface area (Å²) >= 11 is 0. The molecule has 0 saturated heterocycles. The fourth-order valence-corrected chi connectivity index (χ4v) is 1.69. The predicted molar refractivity (Wildman–Crippen MR) is 79.1 cm³/mol. The van der Waals surface area contributed by atoms with E-state index in [0.29, 0.717) is 6.04 Å². The Morgan fingerprint density at radius 3 is 2.35 bits per heavy atom. The Bertz CT molecular complexity index is 318. The van der Waals surface area contributed by atoms with Crippen molar-refractivity contribution in [1.82, 2.24) is 5.32 Å². The lowest BCUT2D eigenvalue weighted by Gasteiger charge is -2.17. The van der Waals surface area contributed by atoms with Gasteiger partial charge >= 0.3 is 0 Å². The van der Waals surface area contributed by atoms with Crippen LogP contribution in [-0.2, 0) is 0 Å². The van der Waals surface area contributed by atoms with Crippen LogP contribution in [-0.4, -0.2) is 13.1 Å². The van der Waals surface area contributed by atoms with E-state index in [-0.39, 0.29) is 0 Å². The lowest BCUT2D eigenvalue weighted by Crippen LogP contribution is -2.26. The highest BCUT2D eigenvalue weighted by Gasteiger charge is 2.08. The van der Waals surface area contributed by atoms with E-state index < -0.39 is 0 Å². The van der Waals surface area contributed by atoms with E-state index >= 15 is 0 Å². The Morgan fingerprint density at radius 1 is 1.24 bits per heavy atom. The fourth-order valence-electron chi connectivity index (χ4n) is 1.69. The third-order valence-corrected chi connectivity index (χ3v) is 2.82. The molecule has 1 heteroatoms. The normalized spacial score (nSPS) is 15.0. The molecule has 0 aliphatic heterocycles. The van der Waals surface area contributed by atoms with Crippen LogP contribution in [0.4, 0.5) is 0 Å². The highest BCUT2D eigenvalue weighted by Crippen LogP contribution is 2.14. The molecule has 1 nitrogen and oxygen atoms in total. The molecule has 0 bridgehead atoms. The Morgan fingerprint density at radius 2 is 1.94 bits per heavy atom. The third-order valence-electron chi connectivity index (χ3n) is 2.82. The van der Waals surface area contributed by atoms with Gasteiger partial charge in [0.25, 0.3) is 0 Å². The molecular weight excluding hydrogens is 206 g/mol. The summed E-state index contributed by atoms with van der Waals surface area (Å²) in [7, 11) is 1.99. The van der Waals surface area contributed by atoms with Crippen LogP contribution in [0.5, 0.6) is 0 Å². The minimum Gasteiger partial charge on any atom is -0.313 e. The third kappa shape index (κ3) is 6.08. The van der Waals surface area contributed by atoms with Gasteiger partial charge in [0.1, 0.15) is 0 Å². The SMILES string of the molecule is C=C/C(=C\C)CCC(NC)/C(C=C)=C/C=C\C. The van der Waals surface area contributed by atoms with Crippen LogP contribution in [0, 0.1) is 0 Å². The quantitative estimate of drug-likeness (QED) is 0.618. The molecule has 0 aromatic heterocycles. The molecule has 0 aliphatic rings. The monoisotopic (exact) mass is 231 g/mol. The molecule has 0 fully saturated rings. The maximum absolute atomic E-state index is 3.87. The molecule has 94 valence electrons. The maximum Gasteiger partial charge on any atom is 0.0320 e. The van der Waals surface area contributed by atoms with Gasteiger partial charge in [0, 0.05) is 6.04 Å². The summed E-state index contributed by atoms with van der Waals surface area (Å²) < 4.78 is 0. The lowest BCUT2D eigenvalue weighted by molar-refractivity contribution is 0.597.